The zero-order valence-electron chi connectivity index (χ0n) is 16.7. The Bertz CT molecular complexity index is 1010. The van der Waals surface area contributed by atoms with Crippen LogP contribution in [0.2, 0.25) is 0 Å². The van der Waals surface area contributed by atoms with Crippen LogP contribution in [0.4, 0.5) is 5.69 Å². The fraction of sp³-hybridized carbons (Fsp3) is 0.455. The van der Waals surface area contributed by atoms with Crippen LogP contribution in [0.25, 0.3) is 21.9 Å². The second-order valence-corrected chi connectivity index (χ2v) is 8.53. The summed E-state index contributed by atoms with van der Waals surface area (Å²) in [5.41, 5.74) is 3.27. The molecule has 6 nitrogen and oxygen atoms in total. The number of carbonyl (C=O) groups is 1. The number of aromatic amines is 1. The first-order valence-corrected chi connectivity index (χ1v) is 10.00. The fourth-order valence-corrected chi connectivity index (χ4v) is 3.61. The summed E-state index contributed by atoms with van der Waals surface area (Å²) in [6.45, 7) is 6.05. The minimum absolute atomic E-state index is 0.178. The van der Waals surface area contributed by atoms with Crippen molar-refractivity contribution in [1.29, 1.82) is 0 Å². The highest BCUT2D eigenvalue weighted by Crippen LogP contribution is 2.37. The van der Waals surface area contributed by atoms with Crippen LogP contribution in [0.3, 0.4) is 0 Å². The van der Waals surface area contributed by atoms with E-state index < -0.39 is 5.60 Å². The molecule has 4 N–H and O–H groups in total. The lowest BCUT2D eigenvalue weighted by Crippen LogP contribution is -2.31. The topological polar surface area (TPSA) is 90.0 Å². The van der Waals surface area contributed by atoms with Crippen LogP contribution < -0.4 is 10.6 Å². The number of aliphatic hydroxyl groups is 1. The summed E-state index contributed by atoms with van der Waals surface area (Å²) in [7, 11) is 0. The van der Waals surface area contributed by atoms with E-state index in [-0.39, 0.29) is 5.91 Å². The maximum Gasteiger partial charge on any atom is 0.255 e. The first-order valence-electron chi connectivity index (χ1n) is 10.00. The average molecular weight is 380 g/mol. The second-order valence-electron chi connectivity index (χ2n) is 8.53. The number of hydrogen-bond acceptors (Lipinski definition) is 4. The molecule has 2 heterocycles. The minimum atomic E-state index is -0.811. The van der Waals surface area contributed by atoms with Gasteiger partial charge in [0.05, 0.1) is 27.9 Å². The minimum Gasteiger partial charge on any atom is -0.390 e. The molecule has 1 amide bonds. The predicted molar refractivity (Wildman–Crippen MR) is 113 cm³/mol. The number of H-pyrrole nitrogens is 1. The van der Waals surface area contributed by atoms with Gasteiger partial charge in [-0.2, -0.15) is 0 Å². The van der Waals surface area contributed by atoms with Crippen molar-refractivity contribution in [2.24, 2.45) is 5.92 Å². The van der Waals surface area contributed by atoms with E-state index in [9.17, 15) is 9.90 Å². The van der Waals surface area contributed by atoms with E-state index in [0.29, 0.717) is 30.5 Å². The monoisotopic (exact) mass is 380 g/mol. The molecule has 0 saturated heterocycles. The molecule has 1 atom stereocenters. The smallest absolute Gasteiger partial charge is 0.255 e. The number of carbonyl (C=O) groups excluding carboxylic acids is 1. The maximum atomic E-state index is 12.9. The number of fused-ring (bicyclic) bond motifs is 3. The van der Waals surface area contributed by atoms with Crippen molar-refractivity contribution in [2.75, 3.05) is 11.9 Å². The molecule has 1 aliphatic carbocycles. The number of benzene rings is 1. The molecular weight excluding hydrogens is 352 g/mol. The normalized spacial score (nSPS) is 15.7. The van der Waals surface area contributed by atoms with Gasteiger partial charge >= 0.3 is 0 Å². The van der Waals surface area contributed by atoms with Gasteiger partial charge in [0, 0.05) is 29.7 Å². The van der Waals surface area contributed by atoms with Crippen LogP contribution in [0.5, 0.6) is 0 Å². The number of anilines is 1. The van der Waals surface area contributed by atoms with Crippen molar-refractivity contribution in [3.8, 4) is 0 Å². The Kier molecular flexibility index (Phi) is 4.75. The fourth-order valence-electron chi connectivity index (χ4n) is 3.61. The molecule has 1 unspecified atom stereocenters. The van der Waals surface area contributed by atoms with Crippen LogP contribution in [-0.2, 0) is 0 Å². The number of para-hydroxylation sites is 1. The van der Waals surface area contributed by atoms with Crippen LogP contribution in [0, 0.1) is 5.92 Å². The number of amides is 1. The Morgan fingerprint density at radius 1 is 1.36 bits per heavy atom. The van der Waals surface area contributed by atoms with Crippen LogP contribution in [0.1, 0.15) is 50.4 Å². The summed E-state index contributed by atoms with van der Waals surface area (Å²) < 4.78 is 0. The Morgan fingerprint density at radius 2 is 2.11 bits per heavy atom. The maximum absolute atomic E-state index is 12.9. The predicted octanol–water partition coefficient (Wildman–Crippen LogP) is 3.82. The van der Waals surface area contributed by atoms with Crippen molar-refractivity contribution in [3.05, 3.63) is 36.0 Å². The van der Waals surface area contributed by atoms with Crippen LogP contribution in [-0.4, -0.2) is 39.2 Å². The number of rotatable bonds is 7. The second kappa shape index (κ2) is 7.09. The van der Waals surface area contributed by atoms with Gasteiger partial charge in [0.25, 0.3) is 5.91 Å². The zero-order valence-corrected chi connectivity index (χ0v) is 16.7. The first-order chi connectivity index (χ1) is 13.3. The van der Waals surface area contributed by atoms with Crippen molar-refractivity contribution >= 4 is 33.5 Å². The average Bonchev–Trinajstić information content (AvgIpc) is 3.42. The van der Waals surface area contributed by atoms with Crippen molar-refractivity contribution < 1.29 is 9.90 Å². The molecular formula is C22H28N4O2. The highest BCUT2D eigenvalue weighted by atomic mass is 16.3. The van der Waals surface area contributed by atoms with Gasteiger partial charge in [0.15, 0.2) is 0 Å². The summed E-state index contributed by atoms with van der Waals surface area (Å²) >= 11 is 0. The largest absolute Gasteiger partial charge is 0.390 e. The van der Waals surface area contributed by atoms with Gasteiger partial charge in [-0.1, -0.05) is 18.2 Å². The Hall–Kier alpha value is -2.60. The van der Waals surface area contributed by atoms with E-state index in [1.807, 2.05) is 24.3 Å². The van der Waals surface area contributed by atoms with E-state index in [0.717, 1.165) is 27.6 Å². The Balaban J connectivity index is 1.71. The molecule has 4 rings (SSSR count). The van der Waals surface area contributed by atoms with Crippen LogP contribution >= 0.6 is 0 Å². The number of aromatic nitrogens is 2. The van der Waals surface area contributed by atoms with Crippen LogP contribution in [0.15, 0.2) is 30.5 Å². The van der Waals surface area contributed by atoms with Gasteiger partial charge in [-0.05, 0) is 52.0 Å². The van der Waals surface area contributed by atoms with Gasteiger partial charge in [-0.3, -0.25) is 9.78 Å². The summed E-state index contributed by atoms with van der Waals surface area (Å²) in [6.07, 6.45) is 4.59. The molecule has 0 aliphatic heterocycles. The highest BCUT2D eigenvalue weighted by molar-refractivity contribution is 6.13. The van der Waals surface area contributed by atoms with Gasteiger partial charge in [-0.15, -0.1) is 0 Å². The van der Waals surface area contributed by atoms with Gasteiger partial charge < -0.3 is 20.7 Å². The molecule has 0 radical (unpaired) electrons. The highest BCUT2D eigenvalue weighted by Gasteiger charge is 2.29. The van der Waals surface area contributed by atoms with Crippen molar-refractivity contribution in [1.82, 2.24) is 15.3 Å². The SMILES string of the molecule is CC(Nc1c(C(=O)NCCC(C)(C)O)cnc2c1[nH]c1ccccc12)C1CC1. The van der Waals surface area contributed by atoms with E-state index in [1.54, 1.807) is 20.0 Å². The molecule has 0 bridgehead atoms. The standard InChI is InChI=1S/C22H28N4O2/c1-13(14-8-9-14)25-19-16(21(27)23-11-10-22(2,3)28)12-24-18-15-6-4-5-7-17(15)26-20(18)19/h4-7,12-14,26,28H,8-11H2,1-3H3,(H,23,27)(H,24,25). The molecule has 1 aliphatic rings. The van der Waals surface area contributed by atoms with Gasteiger partial charge in [0.1, 0.15) is 0 Å². The molecule has 3 aromatic rings. The Labute approximate surface area is 164 Å². The summed E-state index contributed by atoms with van der Waals surface area (Å²) in [5.74, 6) is 0.474. The zero-order chi connectivity index (χ0) is 19.9. The molecule has 2 aromatic heterocycles. The lowest BCUT2D eigenvalue weighted by atomic mass is 10.1. The third kappa shape index (κ3) is 3.83. The van der Waals surface area contributed by atoms with E-state index in [2.05, 4.69) is 27.5 Å². The summed E-state index contributed by atoms with van der Waals surface area (Å²) in [5, 5.41) is 17.4. The quantitative estimate of drug-likeness (QED) is 0.502. The van der Waals surface area contributed by atoms with E-state index in [4.69, 9.17) is 0 Å². The lowest BCUT2D eigenvalue weighted by Gasteiger charge is -2.19. The number of hydrogen-bond donors (Lipinski definition) is 4. The van der Waals surface area contributed by atoms with E-state index in [1.165, 1.54) is 12.8 Å². The molecule has 1 saturated carbocycles. The molecule has 1 fully saturated rings. The van der Waals surface area contributed by atoms with Gasteiger partial charge in [0.2, 0.25) is 0 Å². The van der Waals surface area contributed by atoms with E-state index >= 15 is 0 Å². The van der Waals surface area contributed by atoms with Gasteiger partial charge in [-0.25, -0.2) is 0 Å². The Morgan fingerprint density at radius 3 is 2.82 bits per heavy atom. The molecule has 0 spiro atoms. The molecule has 28 heavy (non-hydrogen) atoms. The first kappa shape index (κ1) is 18.7. The third-order valence-corrected chi connectivity index (χ3v) is 5.49. The molecule has 1 aromatic carbocycles. The summed E-state index contributed by atoms with van der Waals surface area (Å²) in [6, 6.07) is 8.34. The number of nitrogens with one attached hydrogen (secondary N) is 3. The van der Waals surface area contributed by atoms with Crippen molar-refractivity contribution in [3.63, 3.8) is 0 Å². The summed E-state index contributed by atoms with van der Waals surface area (Å²) in [4.78, 5) is 20.9. The third-order valence-electron chi connectivity index (χ3n) is 5.49. The lowest BCUT2D eigenvalue weighted by molar-refractivity contribution is 0.0693. The number of nitrogens with zero attached hydrogens (tertiary/aromatic N) is 1. The molecule has 6 heteroatoms. The van der Waals surface area contributed by atoms with Crippen molar-refractivity contribution in [2.45, 2.75) is 51.7 Å². The molecule has 148 valence electrons. The number of pyridine rings is 1.